The lowest BCUT2D eigenvalue weighted by molar-refractivity contribution is -0.133. The highest BCUT2D eigenvalue weighted by molar-refractivity contribution is 5.92. The van der Waals surface area contributed by atoms with Crippen molar-refractivity contribution in [3.63, 3.8) is 0 Å². The first-order chi connectivity index (χ1) is 13.1. The standard InChI is InChI=1S/C19H25FN6O/c20-14-7-18(21)26(11-14)19(27)12-25-5-2-15(3-6-25)24-17-10-23-8-13-1-4-22-9-16(13)17/h1,4,8-10,14-15,18,24H,2-3,5-7,11-12,21H2/t14-,18-/m0/s1. The molecule has 2 atom stereocenters. The summed E-state index contributed by atoms with van der Waals surface area (Å²) in [5.41, 5.74) is 6.85. The first kappa shape index (κ1) is 18.1. The van der Waals surface area contributed by atoms with Gasteiger partial charge in [-0.25, -0.2) is 4.39 Å². The number of hydrogen-bond donors (Lipinski definition) is 2. The SMILES string of the molecule is N[C@@H]1C[C@H](F)CN1C(=O)CN1CCC(Nc2cncc3ccncc23)CC1. The smallest absolute Gasteiger partial charge is 0.238 e. The average Bonchev–Trinajstić information content (AvgIpc) is 3.02. The van der Waals surface area contributed by atoms with Crippen molar-refractivity contribution in [3.05, 3.63) is 30.9 Å². The fourth-order valence-corrected chi connectivity index (χ4v) is 3.96. The van der Waals surface area contributed by atoms with Gasteiger partial charge in [0.05, 0.1) is 31.1 Å². The second-order valence-corrected chi connectivity index (χ2v) is 7.43. The van der Waals surface area contributed by atoms with Gasteiger partial charge in [-0.1, -0.05) is 0 Å². The topological polar surface area (TPSA) is 87.4 Å². The van der Waals surface area contributed by atoms with Crippen molar-refractivity contribution in [2.75, 3.05) is 31.5 Å². The van der Waals surface area contributed by atoms with Crippen LogP contribution in [0.5, 0.6) is 0 Å². The van der Waals surface area contributed by atoms with Crippen LogP contribution in [0.25, 0.3) is 10.8 Å². The van der Waals surface area contributed by atoms with E-state index in [0.717, 1.165) is 42.4 Å². The normalized spacial score (nSPS) is 24.4. The minimum absolute atomic E-state index is 0.0709. The molecular weight excluding hydrogens is 347 g/mol. The second-order valence-electron chi connectivity index (χ2n) is 7.43. The van der Waals surface area contributed by atoms with Crippen LogP contribution in [0, 0.1) is 0 Å². The summed E-state index contributed by atoms with van der Waals surface area (Å²) in [5, 5.41) is 5.70. The van der Waals surface area contributed by atoms with Crippen LogP contribution < -0.4 is 11.1 Å². The molecule has 4 heterocycles. The number of fused-ring (bicyclic) bond motifs is 1. The van der Waals surface area contributed by atoms with E-state index in [4.69, 9.17) is 5.73 Å². The molecule has 0 aliphatic carbocycles. The number of aromatic nitrogens is 2. The van der Waals surface area contributed by atoms with Gasteiger partial charge in [0.15, 0.2) is 0 Å². The van der Waals surface area contributed by atoms with Crippen LogP contribution in [0.1, 0.15) is 19.3 Å². The van der Waals surface area contributed by atoms with E-state index in [1.165, 1.54) is 4.90 Å². The van der Waals surface area contributed by atoms with Gasteiger partial charge in [0.1, 0.15) is 6.17 Å². The molecule has 144 valence electrons. The number of carbonyl (C=O) groups excluding carboxylic acids is 1. The molecular formula is C19H25FN6O. The molecule has 2 fully saturated rings. The first-order valence-electron chi connectivity index (χ1n) is 9.46. The molecule has 0 bridgehead atoms. The van der Waals surface area contributed by atoms with E-state index >= 15 is 0 Å². The molecule has 2 saturated heterocycles. The van der Waals surface area contributed by atoms with Gasteiger partial charge < -0.3 is 16.0 Å². The van der Waals surface area contributed by atoms with Gasteiger partial charge in [0.25, 0.3) is 0 Å². The Morgan fingerprint density at radius 1 is 1.26 bits per heavy atom. The summed E-state index contributed by atoms with van der Waals surface area (Å²) in [6.07, 6.45) is 7.91. The summed E-state index contributed by atoms with van der Waals surface area (Å²) in [4.78, 5) is 24.5. The second kappa shape index (κ2) is 7.74. The molecule has 27 heavy (non-hydrogen) atoms. The zero-order valence-electron chi connectivity index (χ0n) is 15.2. The van der Waals surface area contributed by atoms with E-state index in [-0.39, 0.29) is 18.9 Å². The Balaban J connectivity index is 1.31. The summed E-state index contributed by atoms with van der Waals surface area (Å²) in [6, 6.07) is 2.28. The number of likely N-dealkylation sites (tertiary alicyclic amines) is 2. The number of pyridine rings is 2. The predicted octanol–water partition coefficient (Wildman–Crippen LogP) is 1.36. The van der Waals surface area contributed by atoms with E-state index in [1.807, 2.05) is 24.7 Å². The Bertz CT molecular complexity index is 804. The molecule has 3 N–H and O–H groups in total. The minimum atomic E-state index is -0.998. The third kappa shape index (κ3) is 4.01. The molecule has 0 spiro atoms. The highest BCUT2D eigenvalue weighted by Gasteiger charge is 2.33. The summed E-state index contributed by atoms with van der Waals surface area (Å²) in [6.45, 7) is 2.08. The van der Waals surface area contributed by atoms with Crippen molar-refractivity contribution in [2.45, 2.75) is 37.6 Å². The van der Waals surface area contributed by atoms with Crippen LogP contribution in [-0.2, 0) is 4.79 Å². The quantitative estimate of drug-likeness (QED) is 0.843. The largest absolute Gasteiger partial charge is 0.380 e. The lowest BCUT2D eigenvalue weighted by Crippen LogP contribution is -2.48. The Morgan fingerprint density at radius 3 is 2.81 bits per heavy atom. The number of halogens is 1. The van der Waals surface area contributed by atoms with Gasteiger partial charge in [-0.2, -0.15) is 0 Å². The van der Waals surface area contributed by atoms with E-state index in [2.05, 4.69) is 20.2 Å². The summed E-state index contributed by atoms with van der Waals surface area (Å²) >= 11 is 0. The van der Waals surface area contributed by atoms with E-state index < -0.39 is 12.3 Å². The molecule has 8 heteroatoms. The van der Waals surface area contributed by atoms with Crippen LogP contribution in [-0.4, -0.2) is 70.2 Å². The summed E-state index contributed by atoms with van der Waals surface area (Å²) in [7, 11) is 0. The summed E-state index contributed by atoms with van der Waals surface area (Å²) in [5.74, 6) is -0.0709. The van der Waals surface area contributed by atoms with Crippen molar-refractivity contribution < 1.29 is 9.18 Å². The maximum atomic E-state index is 13.4. The highest BCUT2D eigenvalue weighted by Crippen LogP contribution is 2.24. The maximum Gasteiger partial charge on any atom is 0.238 e. The lowest BCUT2D eigenvalue weighted by atomic mass is 10.0. The maximum absolute atomic E-state index is 13.4. The van der Waals surface area contributed by atoms with Crippen molar-refractivity contribution in [3.8, 4) is 0 Å². The number of carbonyl (C=O) groups is 1. The lowest BCUT2D eigenvalue weighted by Gasteiger charge is -2.33. The molecule has 7 nitrogen and oxygen atoms in total. The number of nitrogens with zero attached hydrogens (tertiary/aromatic N) is 4. The first-order valence-corrected chi connectivity index (χ1v) is 9.46. The van der Waals surface area contributed by atoms with Crippen LogP contribution >= 0.6 is 0 Å². The molecule has 2 aromatic heterocycles. The molecule has 4 rings (SSSR count). The molecule has 2 aliphatic heterocycles. The zero-order valence-corrected chi connectivity index (χ0v) is 15.2. The summed E-state index contributed by atoms with van der Waals surface area (Å²) < 4.78 is 13.4. The molecule has 0 radical (unpaired) electrons. The van der Waals surface area contributed by atoms with Gasteiger partial charge in [0.2, 0.25) is 5.91 Å². The Morgan fingerprint density at radius 2 is 2.07 bits per heavy atom. The fourth-order valence-electron chi connectivity index (χ4n) is 3.96. The predicted molar refractivity (Wildman–Crippen MR) is 102 cm³/mol. The number of nitrogens with two attached hydrogens (primary N) is 1. The number of hydrogen-bond acceptors (Lipinski definition) is 6. The number of nitrogens with one attached hydrogen (secondary N) is 1. The van der Waals surface area contributed by atoms with Crippen molar-refractivity contribution in [1.29, 1.82) is 0 Å². The molecule has 0 unspecified atom stereocenters. The molecule has 2 aromatic rings. The van der Waals surface area contributed by atoms with Crippen molar-refractivity contribution in [1.82, 2.24) is 19.8 Å². The van der Waals surface area contributed by atoms with Gasteiger partial charge in [-0.05, 0) is 18.9 Å². The zero-order chi connectivity index (χ0) is 18.8. The molecule has 0 saturated carbocycles. The monoisotopic (exact) mass is 372 g/mol. The Labute approximate surface area is 157 Å². The van der Waals surface area contributed by atoms with Crippen molar-refractivity contribution >= 4 is 22.4 Å². The molecule has 2 aliphatic rings. The molecule has 1 amide bonds. The van der Waals surface area contributed by atoms with Gasteiger partial charge in [0, 0.05) is 54.9 Å². The van der Waals surface area contributed by atoms with E-state index in [9.17, 15) is 9.18 Å². The van der Waals surface area contributed by atoms with Crippen LogP contribution in [0.4, 0.5) is 10.1 Å². The third-order valence-corrected chi connectivity index (χ3v) is 5.48. The van der Waals surface area contributed by atoms with Crippen LogP contribution in [0.3, 0.4) is 0 Å². The number of anilines is 1. The fraction of sp³-hybridized carbons (Fsp3) is 0.526. The van der Waals surface area contributed by atoms with Crippen LogP contribution in [0.15, 0.2) is 30.9 Å². The van der Waals surface area contributed by atoms with E-state index in [1.54, 1.807) is 6.20 Å². The van der Waals surface area contributed by atoms with Crippen molar-refractivity contribution in [2.24, 2.45) is 5.73 Å². The van der Waals surface area contributed by atoms with Gasteiger partial charge in [-0.3, -0.25) is 19.7 Å². The number of alkyl halides is 1. The van der Waals surface area contributed by atoms with Crippen LogP contribution in [0.2, 0.25) is 0 Å². The van der Waals surface area contributed by atoms with E-state index in [0.29, 0.717) is 12.6 Å². The third-order valence-electron chi connectivity index (χ3n) is 5.48. The Hall–Kier alpha value is -2.32. The minimum Gasteiger partial charge on any atom is -0.380 e. The Kier molecular flexibility index (Phi) is 5.18. The highest BCUT2D eigenvalue weighted by atomic mass is 19.1. The number of amides is 1. The number of piperidine rings is 1. The van der Waals surface area contributed by atoms with Gasteiger partial charge in [-0.15, -0.1) is 0 Å². The number of rotatable bonds is 4. The van der Waals surface area contributed by atoms with Gasteiger partial charge >= 0.3 is 0 Å². The molecule has 0 aromatic carbocycles. The average molecular weight is 372 g/mol.